The summed E-state index contributed by atoms with van der Waals surface area (Å²) in [6.45, 7) is 8.91. The summed E-state index contributed by atoms with van der Waals surface area (Å²) in [6, 6.07) is 0. The first-order valence-electron chi connectivity index (χ1n) is 6.24. The molecule has 0 aromatic carbocycles. The van der Waals surface area contributed by atoms with E-state index in [1.54, 1.807) is 0 Å². The molecule has 0 bridgehead atoms. The molecule has 1 heterocycles. The molecular formula is C13H24N2. The van der Waals surface area contributed by atoms with Crippen LogP contribution in [0.3, 0.4) is 0 Å². The van der Waals surface area contributed by atoms with Crippen molar-refractivity contribution in [1.82, 2.24) is 9.97 Å². The Bertz CT molecular complexity index is 263. The number of rotatable bonds is 6. The number of nitrogens with zero attached hydrogens (tertiary/aromatic N) is 1. The number of hydrogen-bond acceptors (Lipinski definition) is 1. The topological polar surface area (TPSA) is 28.7 Å². The lowest BCUT2D eigenvalue weighted by Gasteiger charge is -1.99. The van der Waals surface area contributed by atoms with Crippen LogP contribution in [-0.4, -0.2) is 9.97 Å². The van der Waals surface area contributed by atoms with Crippen molar-refractivity contribution in [2.45, 2.75) is 59.8 Å². The summed E-state index contributed by atoms with van der Waals surface area (Å²) in [5, 5.41) is 0. The monoisotopic (exact) mass is 208 g/mol. The van der Waals surface area contributed by atoms with E-state index >= 15 is 0 Å². The molecule has 0 saturated carbocycles. The van der Waals surface area contributed by atoms with Gasteiger partial charge in [0, 0.05) is 12.1 Å². The van der Waals surface area contributed by atoms with E-state index in [0.29, 0.717) is 5.92 Å². The standard InChI is InChI=1S/C13H24N2/c1-5-7-11-12(8-6-2)15-13(14-11)9-10(3)4/h10H,5-9H2,1-4H3,(H,14,15). The molecule has 2 nitrogen and oxygen atoms in total. The lowest BCUT2D eigenvalue weighted by Crippen LogP contribution is -1.96. The van der Waals surface area contributed by atoms with Crippen molar-refractivity contribution < 1.29 is 0 Å². The van der Waals surface area contributed by atoms with Gasteiger partial charge in [-0.25, -0.2) is 4.98 Å². The lowest BCUT2D eigenvalue weighted by molar-refractivity contribution is 0.623. The normalized spacial score (nSPS) is 11.3. The number of aromatic amines is 1. The zero-order valence-corrected chi connectivity index (χ0v) is 10.6. The van der Waals surface area contributed by atoms with Crippen LogP contribution in [0.4, 0.5) is 0 Å². The summed E-state index contributed by atoms with van der Waals surface area (Å²) >= 11 is 0. The maximum absolute atomic E-state index is 4.70. The molecule has 1 rings (SSSR count). The molecule has 1 aromatic heterocycles. The Morgan fingerprint density at radius 1 is 1.13 bits per heavy atom. The van der Waals surface area contributed by atoms with Crippen molar-refractivity contribution in [3.05, 3.63) is 17.2 Å². The zero-order chi connectivity index (χ0) is 11.3. The van der Waals surface area contributed by atoms with Crippen molar-refractivity contribution in [1.29, 1.82) is 0 Å². The summed E-state index contributed by atoms with van der Waals surface area (Å²) in [4.78, 5) is 8.19. The van der Waals surface area contributed by atoms with Crippen molar-refractivity contribution in [2.75, 3.05) is 0 Å². The molecule has 1 N–H and O–H groups in total. The van der Waals surface area contributed by atoms with Gasteiger partial charge in [0.2, 0.25) is 0 Å². The average Bonchev–Trinajstić information content (AvgIpc) is 2.48. The number of imidazole rings is 1. The predicted molar refractivity (Wildman–Crippen MR) is 65.1 cm³/mol. The molecule has 0 aliphatic heterocycles. The maximum Gasteiger partial charge on any atom is 0.106 e. The van der Waals surface area contributed by atoms with Crippen molar-refractivity contribution >= 4 is 0 Å². The minimum atomic E-state index is 0.681. The highest BCUT2D eigenvalue weighted by atomic mass is 14.9. The summed E-state index contributed by atoms with van der Waals surface area (Å²) < 4.78 is 0. The summed E-state index contributed by atoms with van der Waals surface area (Å²) in [5.74, 6) is 1.86. The molecule has 0 unspecified atom stereocenters. The largest absolute Gasteiger partial charge is 0.346 e. The number of H-pyrrole nitrogens is 1. The Morgan fingerprint density at radius 2 is 1.80 bits per heavy atom. The first kappa shape index (κ1) is 12.3. The van der Waals surface area contributed by atoms with Crippen LogP contribution in [0.1, 0.15) is 57.7 Å². The molecular weight excluding hydrogens is 184 g/mol. The van der Waals surface area contributed by atoms with Crippen LogP contribution in [0.25, 0.3) is 0 Å². The van der Waals surface area contributed by atoms with Gasteiger partial charge < -0.3 is 4.98 Å². The fourth-order valence-corrected chi connectivity index (χ4v) is 1.89. The number of hydrogen-bond donors (Lipinski definition) is 1. The minimum Gasteiger partial charge on any atom is -0.346 e. The minimum absolute atomic E-state index is 0.681. The second kappa shape index (κ2) is 5.94. The molecule has 0 aliphatic carbocycles. The number of aryl methyl sites for hydroxylation is 2. The third-order valence-electron chi connectivity index (χ3n) is 2.50. The second-order valence-corrected chi connectivity index (χ2v) is 4.71. The molecule has 0 atom stereocenters. The first-order chi connectivity index (χ1) is 7.17. The van der Waals surface area contributed by atoms with Crippen LogP contribution in [0.5, 0.6) is 0 Å². The highest BCUT2D eigenvalue weighted by molar-refractivity contribution is 5.15. The molecule has 0 radical (unpaired) electrons. The van der Waals surface area contributed by atoms with E-state index in [9.17, 15) is 0 Å². The molecule has 0 aliphatic rings. The van der Waals surface area contributed by atoms with Crippen LogP contribution in [0.15, 0.2) is 0 Å². The van der Waals surface area contributed by atoms with Crippen LogP contribution in [0.2, 0.25) is 0 Å². The third kappa shape index (κ3) is 3.69. The Hall–Kier alpha value is -0.790. The van der Waals surface area contributed by atoms with Crippen molar-refractivity contribution in [2.24, 2.45) is 5.92 Å². The van der Waals surface area contributed by atoms with Crippen molar-refractivity contribution in [3.63, 3.8) is 0 Å². The van der Waals surface area contributed by atoms with Gasteiger partial charge in [-0.3, -0.25) is 0 Å². The Balaban J connectivity index is 2.77. The van der Waals surface area contributed by atoms with Crippen molar-refractivity contribution in [3.8, 4) is 0 Å². The van der Waals surface area contributed by atoms with Gasteiger partial charge >= 0.3 is 0 Å². The van der Waals surface area contributed by atoms with Gasteiger partial charge in [0.25, 0.3) is 0 Å². The zero-order valence-electron chi connectivity index (χ0n) is 10.6. The lowest BCUT2D eigenvalue weighted by atomic mass is 10.1. The van der Waals surface area contributed by atoms with Gasteiger partial charge in [-0.2, -0.15) is 0 Å². The van der Waals surface area contributed by atoms with E-state index in [4.69, 9.17) is 4.98 Å². The molecule has 0 amide bonds. The van der Waals surface area contributed by atoms with Crippen LogP contribution in [-0.2, 0) is 19.3 Å². The quantitative estimate of drug-likeness (QED) is 0.761. The van der Waals surface area contributed by atoms with E-state index in [1.807, 2.05) is 0 Å². The number of aromatic nitrogens is 2. The first-order valence-corrected chi connectivity index (χ1v) is 6.24. The molecule has 0 saturated heterocycles. The smallest absolute Gasteiger partial charge is 0.106 e. The molecule has 86 valence electrons. The van der Waals surface area contributed by atoms with Crippen LogP contribution in [0, 0.1) is 5.92 Å². The van der Waals surface area contributed by atoms with Gasteiger partial charge in [0.05, 0.1) is 5.69 Å². The summed E-state index contributed by atoms with van der Waals surface area (Å²) in [6.07, 6.45) is 5.70. The Morgan fingerprint density at radius 3 is 2.33 bits per heavy atom. The van der Waals surface area contributed by atoms with E-state index in [2.05, 4.69) is 32.7 Å². The highest BCUT2D eigenvalue weighted by Crippen LogP contribution is 2.13. The Labute approximate surface area is 93.5 Å². The second-order valence-electron chi connectivity index (χ2n) is 4.71. The van der Waals surface area contributed by atoms with Gasteiger partial charge in [-0.1, -0.05) is 40.5 Å². The fraction of sp³-hybridized carbons (Fsp3) is 0.769. The molecule has 15 heavy (non-hydrogen) atoms. The average molecular weight is 208 g/mol. The van der Waals surface area contributed by atoms with E-state index in [0.717, 1.165) is 19.3 Å². The van der Waals surface area contributed by atoms with E-state index in [-0.39, 0.29) is 0 Å². The maximum atomic E-state index is 4.70. The summed E-state index contributed by atoms with van der Waals surface area (Å²) in [5.41, 5.74) is 2.67. The molecule has 1 aromatic rings. The SMILES string of the molecule is CCCc1nc(CC(C)C)[nH]c1CCC. The molecule has 2 heteroatoms. The molecule has 0 fully saturated rings. The summed E-state index contributed by atoms with van der Waals surface area (Å²) in [7, 11) is 0. The van der Waals surface area contributed by atoms with Gasteiger partial charge in [-0.05, 0) is 18.8 Å². The van der Waals surface area contributed by atoms with Crippen LogP contribution >= 0.6 is 0 Å². The highest BCUT2D eigenvalue weighted by Gasteiger charge is 2.09. The van der Waals surface area contributed by atoms with Gasteiger partial charge in [0.1, 0.15) is 5.82 Å². The fourth-order valence-electron chi connectivity index (χ4n) is 1.89. The molecule has 0 spiro atoms. The van der Waals surface area contributed by atoms with Gasteiger partial charge in [0.15, 0.2) is 0 Å². The predicted octanol–water partition coefficient (Wildman–Crippen LogP) is 3.51. The van der Waals surface area contributed by atoms with E-state index < -0.39 is 0 Å². The third-order valence-corrected chi connectivity index (χ3v) is 2.50. The number of nitrogens with one attached hydrogen (secondary N) is 1. The Kier molecular flexibility index (Phi) is 4.86. The van der Waals surface area contributed by atoms with Crippen LogP contribution < -0.4 is 0 Å². The van der Waals surface area contributed by atoms with Gasteiger partial charge in [-0.15, -0.1) is 0 Å². The van der Waals surface area contributed by atoms with E-state index in [1.165, 1.54) is 30.1 Å².